The van der Waals surface area contributed by atoms with Crippen molar-refractivity contribution in [3.63, 3.8) is 0 Å². The van der Waals surface area contributed by atoms with Crippen molar-refractivity contribution in [1.82, 2.24) is 0 Å². The number of cyclic esters (lactones) is 1. The summed E-state index contributed by atoms with van der Waals surface area (Å²) in [4.78, 5) is 36.6. The van der Waals surface area contributed by atoms with Crippen molar-refractivity contribution in [1.29, 1.82) is 0 Å². The molecule has 0 saturated carbocycles. The van der Waals surface area contributed by atoms with Crippen molar-refractivity contribution in [2.45, 2.75) is 106 Å². The lowest BCUT2D eigenvalue weighted by Crippen LogP contribution is -2.60. The van der Waals surface area contributed by atoms with E-state index in [4.69, 9.17) is 47.7 Å². The first-order valence-corrected chi connectivity index (χ1v) is 21.0. The third-order valence-electron chi connectivity index (χ3n) is 11.2. The molecule has 4 heterocycles. The second-order valence-electron chi connectivity index (χ2n) is 15.6. The monoisotopic (exact) mass is 956 g/mol. The van der Waals surface area contributed by atoms with Crippen LogP contribution in [0.15, 0.2) is 71.9 Å². The maximum absolute atomic E-state index is 12.7. The molecule has 4 aliphatic rings. The summed E-state index contributed by atoms with van der Waals surface area (Å²) < 4.78 is 47.8. The molecule has 0 aromatic heterocycles. The lowest BCUT2D eigenvalue weighted by molar-refractivity contribution is -0.341. The average Bonchev–Trinajstić information content (AvgIpc) is 3.60. The van der Waals surface area contributed by atoms with Gasteiger partial charge in [0.2, 0.25) is 18.3 Å². The minimum absolute atomic E-state index is 0.0599. The van der Waals surface area contributed by atoms with Crippen molar-refractivity contribution in [3.8, 4) is 17.2 Å². The number of carbonyl (C=O) groups is 3. The lowest BCUT2D eigenvalue weighted by atomic mass is 9.80. The van der Waals surface area contributed by atoms with Gasteiger partial charge in [-0.2, -0.15) is 0 Å². The SMILES string of the molecule is CC[C@H]1[C@@H](OC2OC(CO)C(O)C(O)C2O)OC=C(C(=O)OC)[C@@H]1CC(=O)OCCc1cccc(O)c1.O=C1OC([C@@H](O)CO)C(Oc2ccc(OC3OC(CO)C(O)C(O)C3O)cc2)=C1O. The molecule has 67 heavy (non-hydrogen) atoms. The van der Waals surface area contributed by atoms with Crippen LogP contribution in [0, 0.1) is 11.8 Å². The third kappa shape index (κ3) is 12.9. The van der Waals surface area contributed by atoms with Gasteiger partial charge in [0.05, 0.1) is 51.8 Å². The quantitative estimate of drug-likeness (QED) is 0.0556. The predicted octanol–water partition coefficient (Wildman–Crippen LogP) is -2.97. The highest BCUT2D eigenvalue weighted by Gasteiger charge is 2.49. The minimum atomic E-state index is -1.65. The van der Waals surface area contributed by atoms with Gasteiger partial charge in [0, 0.05) is 18.3 Å². The van der Waals surface area contributed by atoms with Crippen LogP contribution >= 0.6 is 0 Å². The van der Waals surface area contributed by atoms with E-state index in [1.807, 2.05) is 0 Å². The van der Waals surface area contributed by atoms with E-state index in [-0.39, 0.29) is 41.6 Å². The largest absolute Gasteiger partial charge is 0.508 e. The first kappa shape index (κ1) is 52.8. The molecule has 0 amide bonds. The van der Waals surface area contributed by atoms with E-state index in [1.165, 1.54) is 37.4 Å². The summed E-state index contributed by atoms with van der Waals surface area (Å²) in [6.45, 7) is -0.110. The average molecular weight is 957 g/mol. The number of methoxy groups -OCH3 is 1. The molecule has 0 aliphatic carbocycles. The van der Waals surface area contributed by atoms with Crippen LogP contribution in [0.2, 0.25) is 0 Å². The Hall–Kier alpha value is -5.19. The Labute approximate surface area is 381 Å². The predicted molar refractivity (Wildman–Crippen MR) is 219 cm³/mol. The molecule has 0 bridgehead atoms. The van der Waals surface area contributed by atoms with E-state index in [0.29, 0.717) is 12.8 Å². The number of phenolic OH excluding ortho intramolecular Hbond substituents is 1. The van der Waals surface area contributed by atoms with Crippen molar-refractivity contribution >= 4 is 17.9 Å². The van der Waals surface area contributed by atoms with E-state index in [2.05, 4.69) is 0 Å². The number of esters is 3. The van der Waals surface area contributed by atoms with Crippen LogP contribution in [-0.4, -0.2) is 193 Å². The number of benzene rings is 2. The molecule has 2 aromatic rings. The third-order valence-corrected chi connectivity index (χ3v) is 11.2. The molecular formula is C43H56O24. The topological polar surface area (TPSA) is 377 Å². The molecule has 2 aromatic carbocycles. The molecule has 15 atom stereocenters. The van der Waals surface area contributed by atoms with Gasteiger partial charge in [0.25, 0.3) is 0 Å². The fourth-order valence-electron chi connectivity index (χ4n) is 7.41. The van der Waals surface area contributed by atoms with Gasteiger partial charge in [-0.15, -0.1) is 0 Å². The minimum Gasteiger partial charge on any atom is -0.508 e. The van der Waals surface area contributed by atoms with Gasteiger partial charge < -0.3 is 104 Å². The molecule has 6 rings (SSSR count). The second-order valence-corrected chi connectivity index (χ2v) is 15.6. The second kappa shape index (κ2) is 24.2. The Bertz CT molecular complexity index is 2010. The maximum Gasteiger partial charge on any atom is 0.378 e. The van der Waals surface area contributed by atoms with E-state index >= 15 is 0 Å². The van der Waals surface area contributed by atoms with Gasteiger partial charge in [0.1, 0.15) is 72.2 Å². The van der Waals surface area contributed by atoms with Crippen LogP contribution in [0.1, 0.15) is 25.3 Å². The van der Waals surface area contributed by atoms with E-state index < -0.39 is 135 Å². The van der Waals surface area contributed by atoms with Crippen LogP contribution in [-0.2, 0) is 54.0 Å². The Morgan fingerprint density at radius 1 is 0.791 bits per heavy atom. The van der Waals surface area contributed by atoms with Gasteiger partial charge in [-0.3, -0.25) is 4.79 Å². The Morgan fingerprint density at radius 2 is 1.40 bits per heavy atom. The van der Waals surface area contributed by atoms with Crippen molar-refractivity contribution < 1.29 is 118 Å². The molecule has 2 saturated heterocycles. The highest BCUT2D eigenvalue weighted by Crippen LogP contribution is 2.38. The Balaban J connectivity index is 0.000000256. The Kier molecular flexibility index (Phi) is 19.1. The molecule has 24 heteroatoms. The Morgan fingerprint density at radius 3 is 1.99 bits per heavy atom. The number of aliphatic hydroxyl groups is 11. The number of phenols is 1. The number of hydrogen-bond donors (Lipinski definition) is 12. The van der Waals surface area contributed by atoms with Gasteiger partial charge >= 0.3 is 17.9 Å². The van der Waals surface area contributed by atoms with Crippen molar-refractivity contribution in [3.05, 3.63) is 77.4 Å². The van der Waals surface area contributed by atoms with Crippen molar-refractivity contribution in [2.24, 2.45) is 11.8 Å². The van der Waals surface area contributed by atoms with Crippen LogP contribution in [0.4, 0.5) is 0 Å². The van der Waals surface area contributed by atoms with E-state index in [1.54, 1.807) is 25.1 Å². The van der Waals surface area contributed by atoms with Gasteiger partial charge in [-0.1, -0.05) is 19.1 Å². The number of aliphatic hydroxyl groups excluding tert-OH is 11. The lowest BCUT2D eigenvalue weighted by Gasteiger charge is -2.43. The summed E-state index contributed by atoms with van der Waals surface area (Å²) in [6, 6.07) is 12.1. The van der Waals surface area contributed by atoms with Gasteiger partial charge in [0.15, 0.2) is 18.2 Å². The fraction of sp³-hybridized carbons (Fsp3) is 0.558. The van der Waals surface area contributed by atoms with Gasteiger partial charge in [-0.25, -0.2) is 9.59 Å². The number of ether oxygens (including phenoxy) is 9. The van der Waals surface area contributed by atoms with Crippen molar-refractivity contribution in [2.75, 3.05) is 33.5 Å². The molecule has 4 aliphatic heterocycles. The summed E-state index contributed by atoms with van der Waals surface area (Å²) in [5.41, 5.74) is 0.890. The molecule has 0 spiro atoms. The van der Waals surface area contributed by atoms with E-state index in [0.717, 1.165) is 11.8 Å². The summed E-state index contributed by atoms with van der Waals surface area (Å²) >= 11 is 0. The summed E-state index contributed by atoms with van der Waals surface area (Å²) in [5.74, 6) is -4.52. The molecule has 24 nitrogen and oxygen atoms in total. The maximum atomic E-state index is 12.7. The van der Waals surface area contributed by atoms with Gasteiger partial charge in [-0.05, 0) is 48.4 Å². The smallest absolute Gasteiger partial charge is 0.378 e. The zero-order valence-corrected chi connectivity index (χ0v) is 36.1. The molecule has 2 fully saturated rings. The standard InChI is InChI=1S/C25H34O12.C18H22O12/c1-3-15-16(10-19(28)34-8-7-13-5-4-6-14(27)9-13)17(23(32)33-2)12-35-24(15)37-25-22(31)21(30)20(29)18(11-26)36-25;19-5-9(21)15-16(14(25)17(26)30-15)27-7-1-3-8(4-2-7)28-18-13(24)12(23)11(22)10(6-20)29-18/h4-6,9,12,15-16,18,20-22,24-27,29-31H,3,7-8,10-11H2,1-2H3;1-4,9-13,15,18-25H,5-6H2/t15-,16-,18?,20?,21?,22?,24-,25?;9-,10?,11?,12?,13?,15?,18?/m10/s1. The van der Waals surface area contributed by atoms with Crippen LogP contribution in [0.3, 0.4) is 0 Å². The summed E-state index contributed by atoms with van der Waals surface area (Å²) in [5, 5.41) is 117. The normalized spacial score (nSPS) is 32.1. The fourth-order valence-corrected chi connectivity index (χ4v) is 7.41. The first-order valence-electron chi connectivity index (χ1n) is 21.0. The zero-order chi connectivity index (χ0) is 49.1. The molecule has 11 unspecified atom stereocenters. The number of rotatable bonds is 17. The summed E-state index contributed by atoms with van der Waals surface area (Å²) in [6.07, 6.45) is -17.0. The first-order chi connectivity index (χ1) is 32.0. The van der Waals surface area contributed by atoms with Crippen LogP contribution < -0.4 is 9.47 Å². The number of hydrogen-bond acceptors (Lipinski definition) is 24. The zero-order valence-electron chi connectivity index (χ0n) is 36.1. The highest BCUT2D eigenvalue weighted by atomic mass is 16.8. The van der Waals surface area contributed by atoms with Crippen LogP contribution in [0.25, 0.3) is 0 Å². The number of aromatic hydroxyl groups is 1. The molecule has 12 N–H and O–H groups in total. The van der Waals surface area contributed by atoms with E-state index in [9.17, 15) is 70.6 Å². The molecular weight excluding hydrogens is 900 g/mol. The number of carbonyl (C=O) groups excluding carboxylic acids is 3. The highest BCUT2D eigenvalue weighted by molar-refractivity contribution is 5.90. The van der Waals surface area contributed by atoms with Crippen LogP contribution in [0.5, 0.6) is 17.2 Å². The molecule has 0 radical (unpaired) electrons. The summed E-state index contributed by atoms with van der Waals surface area (Å²) in [7, 11) is 1.20. The molecule has 372 valence electrons.